The largest absolute Gasteiger partial charge is 0.481 e. The first kappa shape index (κ1) is 44.5. The normalized spacial score (nSPS) is 53.1. The van der Waals surface area contributed by atoms with E-state index in [0.29, 0.717) is 32.1 Å². The number of carbonyl (C=O) groups is 4. The van der Waals surface area contributed by atoms with Gasteiger partial charge in [0, 0.05) is 5.92 Å². The summed E-state index contributed by atoms with van der Waals surface area (Å²) in [4.78, 5) is 51.4. The molecule has 9 N–H and O–H groups in total. The lowest BCUT2D eigenvalue weighted by molar-refractivity contribution is -0.371. The molecule has 0 radical (unpaired) electrons. The molecule has 4 saturated carbocycles. The fourth-order valence-electron chi connectivity index (χ4n) is 13.5. The number of ketones is 1. The van der Waals surface area contributed by atoms with Crippen LogP contribution in [0.2, 0.25) is 0 Å². The number of fused-ring (bicyclic) bond motifs is 7. The summed E-state index contributed by atoms with van der Waals surface area (Å²) in [6.45, 7) is 14.3. The maximum absolute atomic E-state index is 14.9. The number of aliphatic hydroxyl groups is 6. The summed E-state index contributed by atoms with van der Waals surface area (Å²) >= 11 is 0. The summed E-state index contributed by atoms with van der Waals surface area (Å²) in [5.41, 5.74) is -2.93. The Morgan fingerprint density at radius 1 is 0.695 bits per heavy atom. The van der Waals surface area contributed by atoms with Crippen molar-refractivity contribution in [1.29, 1.82) is 0 Å². The average molecular weight is 839 g/mol. The van der Waals surface area contributed by atoms with Gasteiger partial charge in [-0.2, -0.15) is 0 Å². The number of carboxylic acids is 3. The molecular weight excluding hydrogens is 776 g/mol. The highest BCUT2D eigenvalue weighted by atomic mass is 16.8. The summed E-state index contributed by atoms with van der Waals surface area (Å²) in [5.74, 6) is -5.08. The standard InChI is InChI=1S/C42H62O17/c1-37(2)20-8-11-42(7)31(19(43)14-17-18-15-40(5,36(54)55)21(44)16-38(18,3)12-13-41(17,42)6)39(20,4)10-9-22(37)56-35-30(26(48)25(47)29(58-35)33(52)53)59-34-27(49)23(45)24(46)28(57-34)32(50)51/h14,18,20-31,34-35,44-49H,8-13,15-16H2,1-7H3,(H,50,51)(H,52,53)(H,54,55)/t18-,20-,21+,22-,23-,24-,25-,26-,27+,28-,29-,30+,31+,34-,35+,38-,39-,40-,41+,42+/m0/s1. The fourth-order valence-corrected chi connectivity index (χ4v) is 13.5. The van der Waals surface area contributed by atoms with Crippen LogP contribution in [0.25, 0.3) is 0 Å². The maximum Gasteiger partial charge on any atom is 0.335 e. The number of hydrogen-bond acceptors (Lipinski definition) is 14. The van der Waals surface area contributed by atoms with E-state index < -0.39 is 125 Å². The first-order valence-corrected chi connectivity index (χ1v) is 20.8. The zero-order chi connectivity index (χ0) is 43.7. The Labute approximate surface area is 342 Å². The van der Waals surface area contributed by atoms with Gasteiger partial charge >= 0.3 is 17.9 Å². The molecule has 17 nitrogen and oxygen atoms in total. The van der Waals surface area contributed by atoms with Gasteiger partial charge in [0.1, 0.15) is 36.6 Å². The summed E-state index contributed by atoms with van der Waals surface area (Å²) < 4.78 is 23.3. The van der Waals surface area contributed by atoms with E-state index in [0.717, 1.165) is 18.4 Å². The smallest absolute Gasteiger partial charge is 0.335 e. The van der Waals surface area contributed by atoms with Crippen molar-refractivity contribution >= 4 is 23.7 Å². The van der Waals surface area contributed by atoms with E-state index in [2.05, 4.69) is 27.7 Å². The Bertz CT molecular complexity index is 1770. The average Bonchev–Trinajstić information content (AvgIpc) is 3.13. The van der Waals surface area contributed by atoms with Gasteiger partial charge in [0.15, 0.2) is 30.6 Å². The van der Waals surface area contributed by atoms with Gasteiger partial charge in [-0.3, -0.25) is 9.59 Å². The first-order valence-electron chi connectivity index (χ1n) is 20.8. The minimum Gasteiger partial charge on any atom is -0.481 e. The minimum atomic E-state index is -2.06. The van der Waals surface area contributed by atoms with E-state index in [4.69, 9.17) is 18.9 Å². The molecule has 7 aliphatic rings. The zero-order valence-electron chi connectivity index (χ0n) is 34.7. The first-order chi connectivity index (χ1) is 27.2. The van der Waals surface area contributed by atoms with Gasteiger partial charge in [0.05, 0.1) is 17.6 Å². The molecule has 0 amide bonds. The van der Waals surface area contributed by atoms with Crippen LogP contribution in [-0.4, -0.2) is 143 Å². The number of hydrogen-bond donors (Lipinski definition) is 9. The third kappa shape index (κ3) is 6.38. The lowest BCUT2D eigenvalue weighted by Gasteiger charge is -2.70. The summed E-state index contributed by atoms with van der Waals surface area (Å²) in [7, 11) is 0. The molecule has 2 aliphatic heterocycles. The van der Waals surface area contributed by atoms with Crippen LogP contribution in [0.4, 0.5) is 0 Å². The molecule has 6 fully saturated rings. The monoisotopic (exact) mass is 838 g/mol. The molecule has 59 heavy (non-hydrogen) atoms. The molecule has 5 aliphatic carbocycles. The van der Waals surface area contributed by atoms with Crippen LogP contribution in [0, 0.1) is 50.2 Å². The van der Waals surface area contributed by atoms with Gasteiger partial charge in [-0.15, -0.1) is 0 Å². The third-order valence-electron chi connectivity index (χ3n) is 17.3. The van der Waals surface area contributed by atoms with Crippen LogP contribution >= 0.6 is 0 Å². The van der Waals surface area contributed by atoms with Crippen molar-refractivity contribution in [3.8, 4) is 0 Å². The van der Waals surface area contributed by atoms with Crippen molar-refractivity contribution in [3.05, 3.63) is 11.6 Å². The highest BCUT2D eigenvalue weighted by Crippen LogP contribution is 2.75. The molecule has 20 atom stereocenters. The molecule has 332 valence electrons. The predicted octanol–water partition coefficient (Wildman–Crippen LogP) is 1.22. The second kappa shape index (κ2) is 14.5. The Morgan fingerprint density at radius 3 is 1.88 bits per heavy atom. The molecular formula is C42H62O17. The fraction of sp³-hybridized carbons (Fsp3) is 0.857. The molecule has 7 rings (SSSR count). The second-order valence-corrected chi connectivity index (χ2v) is 20.7. The van der Waals surface area contributed by atoms with E-state index >= 15 is 0 Å². The van der Waals surface area contributed by atoms with E-state index in [9.17, 15) is 65.1 Å². The number of carbonyl (C=O) groups excluding carboxylic acids is 1. The molecule has 2 heterocycles. The minimum absolute atomic E-state index is 0.00163. The molecule has 0 bridgehead atoms. The quantitative estimate of drug-likeness (QED) is 0.163. The van der Waals surface area contributed by atoms with E-state index in [1.165, 1.54) is 0 Å². The number of carboxylic acid groups (broad SMARTS) is 3. The van der Waals surface area contributed by atoms with Gasteiger partial charge in [0.2, 0.25) is 0 Å². The Kier molecular flexibility index (Phi) is 10.9. The third-order valence-corrected chi connectivity index (χ3v) is 17.3. The number of aliphatic hydroxyl groups excluding tert-OH is 6. The van der Waals surface area contributed by atoms with Crippen LogP contribution in [0.5, 0.6) is 0 Å². The van der Waals surface area contributed by atoms with Crippen LogP contribution in [0.15, 0.2) is 11.6 Å². The van der Waals surface area contributed by atoms with Crippen LogP contribution < -0.4 is 0 Å². The van der Waals surface area contributed by atoms with Crippen LogP contribution in [0.1, 0.15) is 99.8 Å². The highest BCUT2D eigenvalue weighted by Gasteiger charge is 2.71. The van der Waals surface area contributed by atoms with Gasteiger partial charge in [-0.25, -0.2) is 9.59 Å². The lowest BCUT2D eigenvalue weighted by atomic mass is 9.33. The second-order valence-electron chi connectivity index (χ2n) is 20.7. The predicted molar refractivity (Wildman–Crippen MR) is 201 cm³/mol. The van der Waals surface area contributed by atoms with Crippen molar-refractivity contribution in [2.24, 2.45) is 50.2 Å². The Morgan fingerprint density at radius 2 is 1.29 bits per heavy atom. The molecule has 0 aromatic carbocycles. The highest BCUT2D eigenvalue weighted by molar-refractivity contribution is 5.95. The van der Waals surface area contributed by atoms with Crippen molar-refractivity contribution in [2.45, 2.75) is 173 Å². The van der Waals surface area contributed by atoms with Gasteiger partial charge in [-0.1, -0.05) is 47.1 Å². The summed E-state index contributed by atoms with van der Waals surface area (Å²) in [6, 6.07) is 0. The maximum atomic E-state index is 14.9. The number of allylic oxidation sites excluding steroid dienone is 2. The van der Waals surface area contributed by atoms with Crippen LogP contribution in [0.3, 0.4) is 0 Å². The van der Waals surface area contributed by atoms with Gasteiger partial charge in [-0.05, 0) is 103 Å². The number of aliphatic carboxylic acids is 3. The molecule has 0 aromatic rings. The lowest BCUT2D eigenvalue weighted by Crippen LogP contribution is -2.68. The van der Waals surface area contributed by atoms with Gasteiger partial charge in [0.25, 0.3) is 0 Å². The molecule has 2 saturated heterocycles. The van der Waals surface area contributed by atoms with E-state index in [1.54, 1.807) is 13.0 Å². The summed E-state index contributed by atoms with van der Waals surface area (Å²) in [5, 5.41) is 94.1. The van der Waals surface area contributed by atoms with Crippen molar-refractivity contribution in [3.63, 3.8) is 0 Å². The van der Waals surface area contributed by atoms with Crippen molar-refractivity contribution < 1.29 is 84.1 Å². The van der Waals surface area contributed by atoms with Crippen LogP contribution in [-0.2, 0) is 38.1 Å². The molecule has 0 spiro atoms. The number of ether oxygens (including phenoxy) is 4. The SMILES string of the molecule is CC1(C)[C@@H](O[C@@H]2O[C@H](C(=O)O)[C@@H](O)[C@H](O)[C@H]2O[C@@H]2O[C@H](C(=O)O)[C@@H](O)[C@H](O)[C@H]2O)CC[C@]2(C)[C@H]3C(=O)C=C4[C@@H]5C[C@](C)(C(=O)O)[C@H](O)C[C@]5(C)CC[C@@]4(C)[C@]3(C)CC[C@@H]12. The Hall–Kier alpha value is -2.58. The van der Waals surface area contributed by atoms with E-state index in [1.807, 2.05) is 13.8 Å². The molecule has 0 unspecified atom stereocenters. The topological polar surface area (TPSA) is 287 Å². The number of rotatable bonds is 7. The van der Waals surface area contributed by atoms with Gasteiger partial charge < -0.3 is 64.9 Å². The van der Waals surface area contributed by atoms with Crippen molar-refractivity contribution in [2.75, 3.05) is 0 Å². The Balaban J connectivity index is 1.18. The zero-order valence-corrected chi connectivity index (χ0v) is 34.7. The molecule has 17 heteroatoms. The van der Waals surface area contributed by atoms with E-state index in [-0.39, 0.29) is 29.5 Å². The molecule has 0 aromatic heterocycles. The van der Waals surface area contributed by atoms with Crippen molar-refractivity contribution in [1.82, 2.24) is 0 Å². The summed E-state index contributed by atoms with van der Waals surface area (Å²) in [6.07, 6.45) is -15.3.